The van der Waals surface area contributed by atoms with Gasteiger partial charge in [-0.15, -0.1) is 0 Å². The van der Waals surface area contributed by atoms with Crippen LogP contribution < -0.4 is 5.32 Å². The van der Waals surface area contributed by atoms with Crippen LogP contribution in [0.15, 0.2) is 24.3 Å². The van der Waals surface area contributed by atoms with Crippen molar-refractivity contribution >= 4 is 16.9 Å². The van der Waals surface area contributed by atoms with E-state index in [-0.39, 0.29) is 18.5 Å². The van der Waals surface area contributed by atoms with Gasteiger partial charge in [0.15, 0.2) is 0 Å². The summed E-state index contributed by atoms with van der Waals surface area (Å²) in [6.07, 6.45) is 0. The first-order chi connectivity index (χ1) is 11.0. The molecule has 3 aromatic rings. The van der Waals surface area contributed by atoms with Crippen molar-refractivity contribution in [2.75, 3.05) is 0 Å². The summed E-state index contributed by atoms with van der Waals surface area (Å²) in [4.78, 5) is 13.7. The molecule has 1 amide bonds. The van der Waals surface area contributed by atoms with Crippen LogP contribution in [0.1, 0.15) is 29.9 Å². The molecule has 0 saturated heterocycles. The van der Waals surface area contributed by atoms with Crippen LogP contribution in [-0.4, -0.2) is 30.7 Å². The predicted octanol–water partition coefficient (Wildman–Crippen LogP) is 1.66. The van der Waals surface area contributed by atoms with Crippen LogP contribution in [0.3, 0.4) is 0 Å². The van der Waals surface area contributed by atoms with E-state index < -0.39 is 0 Å². The first kappa shape index (κ1) is 15.2. The molecule has 23 heavy (non-hydrogen) atoms. The number of hydrogen-bond donors (Lipinski definition) is 1. The Balaban J connectivity index is 1.71. The van der Waals surface area contributed by atoms with Crippen LogP contribution in [0.5, 0.6) is 0 Å². The molecule has 1 aromatic carbocycles. The van der Waals surface area contributed by atoms with Gasteiger partial charge in [-0.05, 0) is 32.9 Å². The van der Waals surface area contributed by atoms with Crippen LogP contribution in [0.25, 0.3) is 11.0 Å². The average molecular weight is 312 g/mol. The molecule has 7 heteroatoms. The molecular weight excluding hydrogens is 292 g/mol. The van der Waals surface area contributed by atoms with Crippen LogP contribution in [-0.2, 0) is 18.4 Å². The molecule has 0 radical (unpaired) electrons. The fourth-order valence-electron chi connectivity index (χ4n) is 2.88. The molecule has 0 spiro atoms. The van der Waals surface area contributed by atoms with Gasteiger partial charge in [-0.2, -0.15) is 20.1 Å². The zero-order valence-corrected chi connectivity index (χ0v) is 13.7. The number of amides is 1. The number of rotatable bonds is 4. The molecule has 0 aliphatic rings. The number of nitrogens with zero attached hydrogens (tertiary/aromatic N) is 5. The van der Waals surface area contributed by atoms with Crippen LogP contribution in [0, 0.1) is 13.8 Å². The summed E-state index contributed by atoms with van der Waals surface area (Å²) in [7, 11) is 1.90. The van der Waals surface area contributed by atoms with Gasteiger partial charge in [-0.3, -0.25) is 9.48 Å². The quantitative estimate of drug-likeness (QED) is 0.795. The van der Waals surface area contributed by atoms with E-state index in [1.54, 1.807) is 0 Å². The van der Waals surface area contributed by atoms with Crippen LogP contribution in [0.4, 0.5) is 0 Å². The number of carbonyl (C=O) groups excluding carboxylic acids is 1. The normalized spacial score (nSPS) is 12.5. The molecule has 0 aliphatic carbocycles. The molecule has 1 N–H and O–H groups in total. The number of aromatic nitrogens is 5. The molecule has 1 unspecified atom stereocenters. The van der Waals surface area contributed by atoms with Gasteiger partial charge in [-0.1, -0.05) is 12.1 Å². The van der Waals surface area contributed by atoms with E-state index in [9.17, 15) is 4.79 Å². The van der Waals surface area contributed by atoms with Crippen molar-refractivity contribution in [1.82, 2.24) is 30.1 Å². The minimum absolute atomic E-state index is 0.0946. The molecule has 0 bridgehead atoms. The van der Waals surface area contributed by atoms with Gasteiger partial charge in [0.25, 0.3) is 0 Å². The van der Waals surface area contributed by atoms with Gasteiger partial charge in [-0.25, -0.2) is 0 Å². The Kier molecular flexibility index (Phi) is 3.85. The first-order valence-corrected chi connectivity index (χ1v) is 7.55. The van der Waals surface area contributed by atoms with E-state index in [0.717, 1.165) is 28.0 Å². The zero-order chi connectivity index (χ0) is 16.6. The summed E-state index contributed by atoms with van der Waals surface area (Å²) in [6, 6.07) is 7.44. The third kappa shape index (κ3) is 2.94. The highest BCUT2D eigenvalue weighted by Gasteiger charge is 2.18. The number of nitrogens with one attached hydrogen (secondary N) is 1. The summed E-state index contributed by atoms with van der Waals surface area (Å²) in [5.41, 5.74) is 4.61. The minimum Gasteiger partial charge on any atom is -0.348 e. The standard InChI is InChI=1S/C16H20N6O/c1-10(16-11(2)18-21(4)12(16)3)17-15(23)9-22-19-13-7-5-6-8-14(13)20-22/h5-8,10H,9H2,1-4H3,(H,17,23). The lowest BCUT2D eigenvalue weighted by molar-refractivity contribution is -0.122. The largest absolute Gasteiger partial charge is 0.348 e. The Morgan fingerprint density at radius 1 is 1.17 bits per heavy atom. The number of aryl methyl sites for hydroxylation is 2. The van der Waals surface area contributed by atoms with Gasteiger partial charge in [0, 0.05) is 18.3 Å². The lowest BCUT2D eigenvalue weighted by Gasteiger charge is -2.14. The highest BCUT2D eigenvalue weighted by atomic mass is 16.2. The van der Waals surface area contributed by atoms with Gasteiger partial charge >= 0.3 is 0 Å². The SMILES string of the molecule is Cc1nn(C)c(C)c1C(C)NC(=O)Cn1nc2ccccc2n1. The fourth-order valence-corrected chi connectivity index (χ4v) is 2.88. The van der Waals surface area contributed by atoms with Crippen molar-refractivity contribution in [3.05, 3.63) is 41.2 Å². The van der Waals surface area contributed by atoms with Crippen molar-refractivity contribution in [1.29, 1.82) is 0 Å². The van der Waals surface area contributed by atoms with Crippen LogP contribution >= 0.6 is 0 Å². The number of fused-ring (bicyclic) bond motifs is 1. The van der Waals surface area contributed by atoms with Gasteiger partial charge in [0.2, 0.25) is 5.91 Å². The van der Waals surface area contributed by atoms with Gasteiger partial charge in [0.1, 0.15) is 17.6 Å². The van der Waals surface area contributed by atoms with E-state index in [1.807, 2.05) is 56.8 Å². The lowest BCUT2D eigenvalue weighted by atomic mass is 10.1. The molecule has 0 fully saturated rings. The lowest BCUT2D eigenvalue weighted by Crippen LogP contribution is -2.31. The second-order valence-electron chi connectivity index (χ2n) is 5.72. The van der Waals surface area contributed by atoms with Crippen molar-refractivity contribution in [3.8, 4) is 0 Å². The maximum Gasteiger partial charge on any atom is 0.244 e. The highest BCUT2D eigenvalue weighted by Crippen LogP contribution is 2.20. The summed E-state index contributed by atoms with van der Waals surface area (Å²) >= 11 is 0. The molecular formula is C16H20N6O. The fraction of sp³-hybridized carbons (Fsp3) is 0.375. The summed E-state index contributed by atoms with van der Waals surface area (Å²) in [5.74, 6) is -0.125. The Hall–Kier alpha value is -2.70. The molecule has 7 nitrogen and oxygen atoms in total. The van der Waals surface area contributed by atoms with Crippen molar-refractivity contribution in [2.45, 2.75) is 33.4 Å². The molecule has 0 aliphatic heterocycles. The van der Waals surface area contributed by atoms with Gasteiger partial charge < -0.3 is 5.32 Å². The van der Waals surface area contributed by atoms with E-state index >= 15 is 0 Å². The average Bonchev–Trinajstić information content (AvgIpc) is 2.99. The number of carbonyl (C=O) groups is 1. The monoisotopic (exact) mass is 312 g/mol. The molecule has 120 valence electrons. The Labute approximate surface area is 134 Å². The van der Waals surface area contributed by atoms with E-state index in [4.69, 9.17) is 0 Å². The third-order valence-electron chi connectivity index (χ3n) is 3.99. The smallest absolute Gasteiger partial charge is 0.244 e. The first-order valence-electron chi connectivity index (χ1n) is 7.55. The van der Waals surface area contributed by atoms with E-state index in [1.165, 1.54) is 4.80 Å². The van der Waals surface area contributed by atoms with E-state index in [2.05, 4.69) is 20.6 Å². The molecule has 2 heterocycles. The zero-order valence-electron chi connectivity index (χ0n) is 13.7. The molecule has 0 saturated carbocycles. The second-order valence-corrected chi connectivity index (χ2v) is 5.72. The van der Waals surface area contributed by atoms with Crippen molar-refractivity contribution in [3.63, 3.8) is 0 Å². The Bertz CT molecular complexity index is 830. The molecule has 3 rings (SSSR count). The summed E-state index contributed by atoms with van der Waals surface area (Å²) in [6.45, 7) is 6.01. The van der Waals surface area contributed by atoms with Crippen molar-refractivity contribution < 1.29 is 4.79 Å². The maximum absolute atomic E-state index is 12.3. The van der Waals surface area contributed by atoms with Gasteiger partial charge in [0.05, 0.1) is 11.7 Å². The Morgan fingerprint density at radius 2 is 1.78 bits per heavy atom. The number of benzene rings is 1. The highest BCUT2D eigenvalue weighted by molar-refractivity contribution is 5.77. The predicted molar refractivity (Wildman–Crippen MR) is 86.8 cm³/mol. The maximum atomic E-state index is 12.3. The molecule has 2 aromatic heterocycles. The summed E-state index contributed by atoms with van der Waals surface area (Å²) in [5, 5.41) is 16.0. The summed E-state index contributed by atoms with van der Waals surface area (Å²) < 4.78 is 1.83. The second kappa shape index (κ2) is 5.83. The third-order valence-corrected chi connectivity index (χ3v) is 3.99. The minimum atomic E-state index is -0.125. The van der Waals surface area contributed by atoms with Crippen molar-refractivity contribution in [2.24, 2.45) is 7.05 Å². The van der Waals surface area contributed by atoms with Crippen LogP contribution in [0.2, 0.25) is 0 Å². The molecule has 1 atom stereocenters. The number of hydrogen-bond acceptors (Lipinski definition) is 4. The Morgan fingerprint density at radius 3 is 2.30 bits per heavy atom. The van der Waals surface area contributed by atoms with E-state index in [0.29, 0.717) is 0 Å². The topological polar surface area (TPSA) is 77.6 Å².